The van der Waals surface area contributed by atoms with Crippen LogP contribution < -0.4 is 4.74 Å². The van der Waals surface area contributed by atoms with Crippen LogP contribution in [0, 0.1) is 0 Å². The second kappa shape index (κ2) is 4.56. The number of rotatable bonds is 2. The van der Waals surface area contributed by atoms with Gasteiger partial charge in [-0.3, -0.25) is 0 Å². The summed E-state index contributed by atoms with van der Waals surface area (Å²) >= 11 is 20.2. The van der Waals surface area contributed by atoms with Crippen LogP contribution in [-0.4, -0.2) is 6.07 Å². The fourth-order valence-corrected chi connectivity index (χ4v) is 1.64. The van der Waals surface area contributed by atoms with Gasteiger partial charge in [-0.2, -0.15) is 0 Å². The maximum atomic E-state index is 5.81. The van der Waals surface area contributed by atoms with Crippen LogP contribution in [0.3, 0.4) is 0 Å². The molecule has 0 aliphatic rings. The molecule has 0 fully saturated rings. The molecule has 0 atom stereocenters. The Labute approximate surface area is 93.7 Å². The minimum absolute atomic E-state index is 0.0533. The molecule has 66 valence electrons. The summed E-state index contributed by atoms with van der Waals surface area (Å²) in [6.45, 7) is 0. The summed E-state index contributed by atoms with van der Waals surface area (Å²) in [4.78, 5) is 0. The van der Waals surface area contributed by atoms with E-state index in [0.717, 1.165) is 4.47 Å². The molecule has 1 aromatic rings. The van der Waals surface area contributed by atoms with Crippen molar-refractivity contribution in [1.82, 2.24) is 0 Å². The molecular weight excluding hydrogens is 286 g/mol. The Balaban J connectivity index is 3.05. The van der Waals surface area contributed by atoms with Gasteiger partial charge in [-0.05, 0) is 22.0 Å². The van der Waals surface area contributed by atoms with Crippen LogP contribution in [0.15, 0.2) is 16.6 Å². The first-order valence-electron chi connectivity index (χ1n) is 2.98. The largest absolute Gasteiger partial charge is 0.476 e. The highest BCUT2D eigenvalue weighted by Gasteiger charge is 2.05. The third-order valence-electron chi connectivity index (χ3n) is 1.18. The molecule has 0 saturated heterocycles. The van der Waals surface area contributed by atoms with Gasteiger partial charge in [-0.15, -0.1) is 0 Å². The molecule has 1 aromatic carbocycles. The van der Waals surface area contributed by atoms with Crippen LogP contribution in [0.25, 0.3) is 0 Å². The average Bonchev–Trinajstić information content (AvgIpc) is 2.01. The quantitative estimate of drug-likeness (QED) is 0.582. The van der Waals surface area contributed by atoms with E-state index in [4.69, 9.17) is 39.5 Å². The van der Waals surface area contributed by atoms with Crippen molar-refractivity contribution >= 4 is 50.7 Å². The first kappa shape index (κ1) is 10.5. The second-order valence-corrected chi connectivity index (χ2v) is 3.84. The Morgan fingerprint density at radius 1 is 1.25 bits per heavy atom. The fourth-order valence-electron chi connectivity index (χ4n) is 0.674. The van der Waals surface area contributed by atoms with Gasteiger partial charge in [0.25, 0.3) is 0 Å². The third-order valence-corrected chi connectivity index (χ3v) is 2.79. The Morgan fingerprint density at radius 3 is 2.50 bits per heavy atom. The zero-order valence-electron chi connectivity index (χ0n) is 5.78. The van der Waals surface area contributed by atoms with Gasteiger partial charge in [0.2, 0.25) is 0 Å². The molecule has 0 aliphatic heterocycles. The molecule has 1 rings (SSSR count). The van der Waals surface area contributed by atoms with Crippen LogP contribution in [-0.2, 0) is 0 Å². The SMILES string of the molecule is ClCOc1cc(Cl)c(Br)cc1Cl. The second-order valence-electron chi connectivity index (χ2n) is 1.95. The van der Waals surface area contributed by atoms with E-state index in [0.29, 0.717) is 15.8 Å². The van der Waals surface area contributed by atoms with E-state index in [9.17, 15) is 0 Å². The van der Waals surface area contributed by atoms with Gasteiger partial charge in [0.15, 0.2) is 6.07 Å². The Kier molecular flexibility index (Phi) is 3.97. The predicted molar refractivity (Wildman–Crippen MR) is 55.5 cm³/mol. The molecule has 0 spiro atoms. The molecule has 0 amide bonds. The Morgan fingerprint density at radius 2 is 1.92 bits per heavy atom. The van der Waals surface area contributed by atoms with E-state index in [-0.39, 0.29) is 6.07 Å². The van der Waals surface area contributed by atoms with Crippen molar-refractivity contribution in [3.05, 3.63) is 26.7 Å². The monoisotopic (exact) mass is 288 g/mol. The molecule has 0 saturated carbocycles. The predicted octanol–water partition coefficient (Wildman–Crippen LogP) is 4.33. The Hall–Kier alpha value is 0.370. The van der Waals surface area contributed by atoms with Crippen LogP contribution >= 0.6 is 50.7 Å². The highest BCUT2D eigenvalue weighted by Crippen LogP contribution is 2.33. The van der Waals surface area contributed by atoms with Gasteiger partial charge in [-0.1, -0.05) is 34.8 Å². The molecule has 0 aliphatic carbocycles. The maximum absolute atomic E-state index is 5.81. The lowest BCUT2D eigenvalue weighted by atomic mass is 10.3. The summed E-state index contributed by atoms with van der Waals surface area (Å²) in [5.41, 5.74) is 0. The van der Waals surface area contributed by atoms with E-state index in [1.54, 1.807) is 12.1 Å². The number of halogens is 4. The average molecular weight is 290 g/mol. The zero-order valence-corrected chi connectivity index (χ0v) is 9.64. The third kappa shape index (κ3) is 2.43. The van der Waals surface area contributed by atoms with Gasteiger partial charge in [0, 0.05) is 10.5 Å². The number of benzene rings is 1. The van der Waals surface area contributed by atoms with Crippen molar-refractivity contribution in [3.63, 3.8) is 0 Å². The Bertz CT molecular complexity index is 290. The van der Waals surface area contributed by atoms with Gasteiger partial charge < -0.3 is 4.74 Å². The molecule has 12 heavy (non-hydrogen) atoms. The first-order valence-corrected chi connectivity index (χ1v) is 5.07. The van der Waals surface area contributed by atoms with Crippen molar-refractivity contribution in [2.75, 3.05) is 6.07 Å². The molecular formula is C7H4BrCl3O. The normalized spacial score (nSPS) is 10.0. The zero-order chi connectivity index (χ0) is 9.14. The molecule has 5 heteroatoms. The van der Waals surface area contributed by atoms with Crippen LogP contribution in [0.5, 0.6) is 5.75 Å². The smallest absolute Gasteiger partial charge is 0.162 e. The molecule has 0 heterocycles. The highest BCUT2D eigenvalue weighted by molar-refractivity contribution is 9.10. The number of ether oxygens (including phenoxy) is 1. The van der Waals surface area contributed by atoms with Gasteiger partial charge in [-0.25, -0.2) is 0 Å². The molecule has 0 bridgehead atoms. The van der Waals surface area contributed by atoms with E-state index >= 15 is 0 Å². The van der Waals surface area contributed by atoms with Crippen molar-refractivity contribution in [3.8, 4) is 5.75 Å². The van der Waals surface area contributed by atoms with Gasteiger partial charge >= 0.3 is 0 Å². The molecule has 0 radical (unpaired) electrons. The lowest BCUT2D eigenvalue weighted by Crippen LogP contribution is -1.89. The lowest BCUT2D eigenvalue weighted by Gasteiger charge is -2.05. The van der Waals surface area contributed by atoms with Crippen molar-refractivity contribution in [1.29, 1.82) is 0 Å². The van der Waals surface area contributed by atoms with E-state index < -0.39 is 0 Å². The van der Waals surface area contributed by atoms with Crippen molar-refractivity contribution in [2.24, 2.45) is 0 Å². The van der Waals surface area contributed by atoms with E-state index in [2.05, 4.69) is 15.9 Å². The molecule has 0 N–H and O–H groups in total. The topological polar surface area (TPSA) is 9.23 Å². The van der Waals surface area contributed by atoms with Crippen LogP contribution in [0.1, 0.15) is 0 Å². The van der Waals surface area contributed by atoms with Gasteiger partial charge in [0.1, 0.15) is 5.75 Å². The minimum Gasteiger partial charge on any atom is -0.476 e. The maximum Gasteiger partial charge on any atom is 0.162 e. The highest BCUT2D eigenvalue weighted by atomic mass is 79.9. The van der Waals surface area contributed by atoms with Crippen LogP contribution in [0.4, 0.5) is 0 Å². The summed E-state index contributed by atoms with van der Waals surface area (Å²) in [5, 5.41) is 1.02. The van der Waals surface area contributed by atoms with Crippen LogP contribution in [0.2, 0.25) is 10.0 Å². The fraction of sp³-hybridized carbons (Fsp3) is 0.143. The lowest BCUT2D eigenvalue weighted by molar-refractivity contribution is 0.388. The molecule has 1 nitrogen and oxygen atoms in total. The van der Waals surface area contributed by atoms with Crippen molar-refractivity contribution in [2.45, 2.75) is 0 Å². The number of alkyl halides is 1. The minimum atomic E-state index is 0.0533. The summed E-state index contributed by atoms with van der Waals surface area (Å²) in [6.07, 6.45) is 0. The van der Waals surface area contributed by atoms with E-state index in [1.165, 1.54) is 0 Å². The van der Waals surface area contributed by atoms with Gasteiger partial charge in [0.05, 0.1) is 10.0 Å². The first-order chi connectivity index (χ1) is 5.65. The van der Waals surface area contributed by atoms with E-state index in [1.807, 2.05) is 0 Å². The summed E-state index contributed by atoms with van der Waals surface area (Å²) in [5.74, 6) is 0.486. The standard InChI is InChI=1S/C7H4BrCl3O/c8-4-1-6(11)7(12-3-9)2-5(4)10/h1-2H,3H2. The summed E-state index contributed by atoms with van der Waals surface area (Å²) in [7, 11) is 0. The summed E-state index contributed by atoms with van der Waals surface area (Å²) < 4.78 is 5.73. The van der Waals surface area contributed by atoms with Crippen molar-refractivity contribution < 1.29 is 4.74 Å². The molecule has 0 aromatic heterocycles. The summed E-state index contributed by atoms with van der Waals surface area (Å²) in [6, 6.07) is 3.32. The number of hydrogen-bond donors (Lipinski definition) is 0. The molecule has 0 unspecified atom stereocenters. The number of hydrogen-bond acceptors (Lipinski definition) is 1.